The molecule has 1 saturated carbocycles. The van der Waals surface area contributed by atoms with Crippen molar-refractivity contribution >= 4 is 5.91 Å². The van der Waals surface area contributed by atoms with Gasteiger partial charge in [-0.05, 0) is 25.7 Å². The van der Waals surface area contributed by atoms with Crippen LogP contribution in [0.3, 0.4) is 0 Å². The van der Waals surface area contributed by atoms with E-state index < -0.39 is 0 Å². The van der Waals surface area contributed by atoms with Crippen molar-refractivity contribution in [2.45, 2.75) is 38.6 Å². The van der Waals surface area contributed by atoms with Gasteiger partial charge in [0, 0.05) is 19.0 Å². The maximum absolute atomic E-state index is 11.7. The van der Waals surface area contributed by atoms with Crippen LogP contribution in [0.2, 0.25) is 0 Å². The Labute approximate surface area is 73.9 Å². The predicted molar refractivity (Wildman–Crippen MR) is 47.7 cm³/mol. The van der Waals surface area contributed by atoms with E-state index in [9.17, 15) is 4.79 Å². The third-order valence-electron chi connectivity index (χ3n) is 3.71. The topological polar surface area (TPSA) is 20.3 Å². The molecule has 2 fully saturated rings. The first-order valence-electron chi connectivity index (χ1n) is 4.98. The minimum absolute atomic E-state index is 0.374. The Bertz CT molecular complexity index is 202. The molecule has 0 bridgehead atoms. The second-order valence-corrected chi connectivity index (χ2v) is 4.24. The van der Waals surface area contributed by atoms with E-state index in [2.05, 4.69) is 6.92 Å². The Morgan fingerprint density at radius 2 is 2.00 bits per heavy atom. The van der Waals surface area contributed by atoms with E-state index in [1.165, 1.54) is 19.3 Å². The first-order chi connectivity index (χ1) is 5.72. The van der Waals surface area contributed by atoms with Crippen LogP contribution in [0.15, 0.2) is 0 Å². The summed E-state index contributed by atoms with van der Waals surface area (Å²) in [6.45, 7) is 2.19. The molecule has 3 unspecified atom stereocenters. The van der Waals surface area contributed by atoms with Crippen molar-refractivity contribution in [1.29, 1.82) is 0 Å². The molecule has 0 aromatic carbocycles. The van der Waals surface area contributed by atoms with Crippen molar-refractivity contribution in [3.05, 3.63) is 0 Å². The zero-order valence-corrected chi connectivity index (χ0v) is 7.92. The van der Waals surface area contributed by atoms with Gasteiger partial charge in [0.05, 0.1) is 0 Å². The molecule has 1 heterocycles. The highest BCUT2D eigenvalue weighted by molar-refractivity contribution is 5.81. The predicted octanol–water partition coefficient (Wildman–Crippen LogP) is 1.65. The van der Waals surface area contributed by atoms with Gasteiger partial charge in [0.15, 0.2) is 0 Å². The molecule has 3 atom stereocenters. The molecule has 2 nitrogen and oxygen atoms in total. The van der Waals surface area contributed by atoms with Gasteiger partial charge in [-0.2, -0.15) is 0 Å². The summed E-state index contributed by atoms with van der Waals surface area (Å²) in [5, 5.41) is 0. The summed E-state index contributed by atoms with van der Waals surface area (Å²) >= 11 is 0. The van der Waals surface area contributed by atoms with Crippen LogP contribution in [0.25, 0.3) is 0 Å². The summed E-state index contributed by atoms with van der Waals surface area (Å²) in [5.41, 5.74) is 0. The van der Waals surface area contributed by atoms with Crippen LogP contribution in [-0.2, 0) is 4.79 Å². The molecule has 0 aromatic heterocycles. The van der Waals surface area contributed by atoms with Crippen molar-refractivity contribution < 1.29 is 4.79 Å². The zero-order chi connectivity index (χ0) is 8.72. The Kier molecular flexibility index (Phi) is 1.85. The van der Waals surface area contributed by atoms with Gasteiger partial charge >= 0.3 is 0 Å². The Morgan fingerprint density at radius 3 is 2.67 bits per heavy atom. The highest BCUT2D eigenvalue weighted by Gasteiger charge is 2.44. The number of hydrogen-bond donors (Lipinski definition) is 0. The molecule has 1 aliphatic heterocycles. The van der Waals surface area contributed by atoms with Crippen molar-refractivity contribution in [3.8, 4) is 0 Å². The smallest absolute Gasteiger partial charge is 0.226 e. The third kappa shape index (κ3) is 0.970. The van der Waals surface area contributed by atoms with E-state index in [4.69, 9.17) is 0 Å². The van der Waals surface area contributed by atoms with E-state index in [1.807, 2.05) is 11.9 Å². The summed E-state index contributed by atoms with van der Waals surface area (Å²) in [4.78, 5) is 13.6. The van der Waals surface area contributed by atoms with E-state index >= 15 is 0 Å². The molecule has 68 valence electrons. The Morgan fingerprint density at radius 1 is 1.33 bits per heavy atom. The molecular formula is C10H17NO. The molecular weight excluding hydrogens is 150 g/mol. The number of carbonyl (C=O) groups is 1. The largest absolute Gasteiger partial charge is 0.343 e. The summed E-state index contributed by atoms with van der Waals surface area (Å²) in [5.74, 6) is 1.43. The highest BCUT2D eigenvalue weighted by Crippen LogP contribution is 2.40. The summed E-state index contributed by atoms with van der Waals surface area (Å²) in [6, 6.07) is 0.489. The number of fused-ring (bicyclic) bond motifs is 1. The average molecular weight is 167 g/mol. The Hall–Kier alpha value is -0.530. The van der Waals surface area contributed by atoms with Crippen molar-refractivity contribution in [3.63, 3.8) is 0 Å². The SMILES string of the molecule is CC1C2CCCCC2C(=O)N1C. The third-order valence-corrected chi connectivity index (χ3v) is 3.71. The number of amides is 1. The minimum atomic E-state index is 0.374. The molecule has 0 radical (unpaired) electrons. The molecule has 1 amide bonds. The second kappa shape index (κ2) is 2.75. The van der Waals surface area contributed by atoms with E-state index in [0.717, 1.165) is 6.42 Å². The van der Waals surface area contributed by atoms with Gasteiger partial charge in [-0.25, -0.2) is 0 Å². The van der Waals surface area contributed by atoms with Crippen LogP contribution in [-0.4, -0.2) is 23.9 Å². The lowest BCUT2D eigenvalue weighted by atomic mass is 9.79. The van der Waals surface area contributed by atoms with Gasteiger partial charge in [0.1, 0.15) is 0 Å². The van der Waals surface area contributed by atoms with E-state index in [0.29, 0.717) is 23.8 Å². The number of hydrogen-bond acceptors (Lipinski definition) is 1. The van der Waals surface area contributed by atoms with Crippen LogP contribution in [0.1, 0.15) is 32.6 Å². The van der Waals surface area contributed by atoms with Gasteiger partial charge in [0.2, 0.25) is 5.91 Å². The normalized spacial score (nSPS) is 41.7. The van der Waals surface area contributed by atoms with Crippen LogP contribution in [0.5, 0.6) is 0 Å². The monoisotopic (exact) mass is 167 g/mol. The lowest BCUT2D eigenvalue weighted by Crippen LogP contribution is -2.28. The summed E-state index contributed by atoms with van der Waals surface area (Å²) in [7, 11) is 1.95. The molecule has 1 saturated heterocycles. The van der Waals surface area contributed by atoms with Crippen LogP contribution >= 0.6 is 0 Å². The van der Waals surface area contributed by atoms with Crippen molar-refractivity contribution in [2.24, 2.45) is 11.8 Å². The van der Waals surface area contributed by atoms with Crippen LogP contribution in [0.4, 0.5) is 0 Å². The fourth-order valence-corrected chi connectivity index (χ4v) is 2.79. The van der Waals surface area contributed by atoms with Crippen molar-refractivity contribution in [2.75, 3.05) is 7.05 Å². The lowest BCUT2D eigenvalue weighted by molar-refractivity contribution is -0.131. The standard InChI is InChI=1S/C10H17NO/c1-7-8-5-3-4-6-9(8)10(12)11(7)2/h7-9H,3-6H2,1-2H3. The molecule has 2 heteroatoms. The van der Waals surface area contributed by atoms with Gasteiger partial charge in [0.25, 0.3) is 0 Å². The molecule has 2 rings (SSSR count). The molecule has 12 heavy (non-hydrogen) atoms. The average Bonchev–Trinajstić information content (AvgIpc) is 2.33. The maximum Gasteiger partial charge on any atom is 0.226 e. The minimum Gasteiger partial charge on any atom is -0.343 e. The number of carbonyl (C=O) groups excluding carboxylic acids is 1. The van der Waals surface area contributed by atoms with Crippen LogP contribution < -0.4 is 0 Å². The summed E-state index contributed by atoms with van der Waals surface area (Å²) < 4.78 is 0. The van der Waals surface area contributed by atoms with Crippen molar-refractivity contribution in [1.82, 2.24) is 4.90 Å². The van der Waals surface area contributed by atoms with E-state index in [-0.39, 0.29) is 0 Å². The first kappa shape index (κ1) is 8.09. The lowest BCUT2D eigenvalue weighted by Gasteiger charge is -2.25. The van der Waals surface area contributed by atoms with E-state index in [1.54, 1.807) is 0 Å². The van der Waals surface area contributed by atoms with Gasteiger partial charge in [-0.15, -0.1) is 0 Å². The second-order valence-electron chi connectivity index (χ2n) is 4.24. The molecule has 0 aromatic rings. The number of rotatable bonds is 0. The first-order valence-corrected chi connectivity index (χ1v) is 4.98. The van der Waals surface area contributed by atoms with Crippen LogP contribution in [0, 0.1) is 11.8 Å². The van der Waals surface area contributed by atoms with Gasteiger partial charge in [-0.3, -0.25) is 4.79 Å². The van der Waals surface area contributed by atoms with Gasteiger partial charge < -0.3 is 4.90 Å². The maximum atomic E-state index is 11.7. The molecule has 1 aliphatic carbocycles. The molecule has 0 spiro atoms. The number of nitrogens with zero attached hydrogens (tertiary/aromatic N) is 1. The fraction of sp³-hybridized carbons (Fsp3) is 0.900. The quantitative estimate of drug-likeness (QED) is 0.537. The summed E-state index contributed by atoms with van der Waals surface area (Å²) in [6.07, 6.45) is 4.99. The zero-order valence-electron chi connectivity index (χ0n) is 7.92. The molecule has 2 aliphatic rings. The Balaban J connectivity index is 2.19. The number of likely N-dealkylation sites (tertiary alicyclic amines) is 1. The van der Waals surface area contributed by atoms with Gasteiger partial charge in [-0.1, -0.05) is 12.8 Å². The molecule has 0 N–H and O–H groups in total. The fourth-order valence-electron chi connectivity index (χ4n) is 2.79. The highest BCUT2D eigenvalue weighted by atomic mass is 16.2.